The minimum absolute atomic E-state index is 0.0886. The number of pyridine rings is 1. The fourth-order valence-corrected chi connectivity index (χ4v) is 2.95. The number of rotatable bonds is 3. The number of carboxylic acids is 1. The number of aromatic carboxylic acids is 1. The summed E-state index contributed by atoms with van der Waals surface area (Å²) < 4.78 is 0. The van der Waals surface area contributed by atoms with Gasteiger partial charge in [0.15, 0.2) is 5.69 Å². The number of carbonyl (C=O) groups is 1. The Balaban J connectivity index is 1.99. The van der Waals surface area contributed by atoms with E-state index in [0.717, 1.165) is 10.3 Å². The fraction of sp³-hybridized carbons (Fsp3) is 0. The molecule has 1 aromatic heterocycles. The highest BCUT2D eigenvalue weighted by Gasteiger charge is 2.12. The summed E-state index contributed by atoms with van der Waals surface area (Å²) in [6.07, 6.45) is 1.49. The van der Waals surface area contributed by atoms with Gasteiger partial charge in [0.25, 0.3) is 0 Å². The van der Waals surface area contributed by atoms with Crippen LogP contribution >= 0.6 is 11.8 Å². The zero-order valence-corrected chi connectivity index (χ0v) is 11.3. The first-order valence-electron chi connectivity index (χ1n) is 6.09. The number of nitrogens with zero attached hydrogens (tertiary/aromatic N) is 1. The van der Waals surface area contributed by atoms with Gasteiger partial charge in [-0.1, -0.05) is 42.1 Å². The van der Waals surface area contributed by atoms with Gasteiger partial charge >= 0.3 is 5.97 Å². The molecular weight excluding hydrogens is 270 g/mol. The summed E-state index contributed by atoms with van der Waals surface area (Å²) in [5, 5.41) is 11.4. The van der Waals surface area contributed by atoms with E-state index in [1.807, 2.05) is 30.3 Å². The molecule has 0 bridgehead atoms. The summed E-state index contributed by atoms with van der Waals surface area (Å²) >= 11 is 1.41. The minimum atomic E-state index is -1.01. The Hall–Kier alpha value is -2.33. The van der Waals surface area contributed by atoms with Crippen molar-refractivity contribution in [1.29, 1.82) is 0 Å². The molecule has 0 radical (unpaired) electrons. The highest BCUT2D eigenvalue weighted by Crippen LogP contribution is 2.31. The van der Waals surface area contributed by atoms with Crippen LogP contribution in [0.1, 0.15) is 10.5 Å². The summed E-state index contributed by atoms with van der Waals surface area (Å²) in [7, 11) is 0. The standard InChI is InChI=1S/C16H11NO2S/c18-16(19)15-14(6-3-9-17-15)20-13-8-7-11-4-1-2-5-12(11)10-13/h1-10H,(H,18,19). The van der Waals surface area contributed by atoms with Crippen LogP contribution in [0.2, 0.25) is 0 Å². The number of hydrogen-bond donors (Lipinski definition) is 1. The average molecular weight is 281 g/mol. The second kappa shape index (κ2) is 5.35. The van der Waals surface area contributed by atoms with Gasteiger partial charge in [-0.2, -0.15) is 0 Å². The van der Waals surface area contributed by atoms with Crippen molar-refractivity contribution in [3.63, 3.8) is 0 Å². The van der Waals surface area contributed by atoms with Crippen LogP contribution in [0, 0.1) is 0 Å². The molecule has 0 amide bonds. The van der Waals surface area contributed by atoms with Crippen molar-refractivity contribution in [3.8, 4) is 0 Å². The molecule has 2 aromatic carbocycles. The summed E-state index contributed by atoms with van der Waals surface area (Å²) in [5.74, 6) is -1.01. The third kappa shape index (κ3) is 2.51. The Kier molecular flexibility index (Phi) is 3.39. The van der Waals surface area contributed by atoms with Gasteiger partial charge in [-0.3, -0.25) is 0 Å². The van der Waals surface area contributed by atoms with Gasteiger partial charge in [0.05, 0.1) is 0 Å². The van der Waals surface area contributed by atoms with Crippen LogP contribution in [0.25, 0.3) is 10.8 Å². The zero-order valence-electron chi connectivity index (χ0n) is 10.5. The van der Waals surface area contributed by atoms with Crippen molar-refractivity contribution < 1.29 is 9.90 Å². The summed E-state index contributed by atoms with van der Waals surface area (Å²) in [5.41, 5.74) is 0.0886. The van der Waals surface area contributed by atoms with Crippen LogP contribution < -0.4 is 0 Å². The molecule has 0 aliphatic rings. The largest absolute Gasteiger partial charge is 0.476 e. The van der Waals surface area contributed by atoms with Crippen LogP contribution in [0.5, 0.6) is 0 Å². The number of hydrogen-bond acceptors (Lipinski definition) is 3. The van der Waals surface area contributed by atoms with E-state index in [9.17, 15) is 4.79 Å². The molecule has 3 aromatic rings. The lowest BCUT2D eigenvalue weighted by molar-refractivity contribution is 0.0686. The molecule has 0 aliphatic carbocycles. The average Bonchev–Trinajstić information content (AvgIpc) is 2.47. The Morgan fingerprint density at radius 2 is 1.80 bits per heavy atom. The van der Waals surface area contributed by atoms with Crippen molar-refractivity contribution in [2.75, 3.05) is 0 Å². The number of benzene rings is 2. The van der Waals surface area contributed by atoms with Gasteiger partial charge in [0.1, 0.15) is 0 Å². The zero-order chi connectivity index (χ0) is 13.9. The molecule has 0 spiro atoms. The smallest absolute Gasteiger partial charge is 0.355 e. The Morgan fingerprint density at radius 3 is 2.60 bits per heavy atom. The molecule has 1 N–H and O–H groups in total. The third-order valence-electron chi connectivity index (χ3n) is 2.92. The van der Waals surface area contributed by atoms with Crippen LogP contribution in [-0.4, -0.2) is 16.1 Å². The first kappa shape index (κ1) is 12.7. The summed E-state index contributed by atoms with van der Waals surface area (Å²) in [6.45, 7) is 0. The van der Waals surface area contributed by atoms with E-state index in [0.29, 0.717) is 4.90 Å². The van der Waals surface area contributed by atoms with Crippen LogP contribution in [-0.2, 0) is 0 Å². The highest BCUT2D eigenvalue weighted by atomic mass is 32.2. The number of aromatic nitrogens is 1. The van der Waals surface area contributed by atoms with Gasteiger partial charge in [-0.15, -0.1) is 0 Å². The molecule has 0 fully saturated rings. The maximum absolute atomic E-state index is 11.1. The van der Waals surface area contributed by atoms with Crippen molar-refractivity contribution in [2.45, 2.75) is 9.79 Å². The molecule has 0 aliphatic heterocycles. The SMILES string of the molecule is O=C(O)c1ncccc1Sc1ccc2ccccc2c1. The van der Waals surface area contributed by atoms with Crippen molar-refractivity contribution in [2.24, 2.45) is 0 Å². The molecule has 0 saturated heterocycles. The second-order valence-corrected chi connectivity index (χ2v) is 5.38. The Morgan fingerprint density at radius 1 is 1.00 bits per heavy atom. The monoisotopic (exact) mass is 281 g/mol. The molecule has 0 atom stereocenters. The number of fused-ring (bicyclic) bond motifs is 1. The van der Waals surface area contributed by atoms with E-state index in [4.69, 9.17) is 5.11 Å². The van der Waals surface area contributed by atoms with E-state index in [2.05, 4.69) is 17.1 Å². The van der Waals surface area contributed by atoms with Crippen LogP contribution in [0.4, 0.5) is 0 Å². The molecule has 0 saturated carbocycles. The Labute approximate surface area is 120 Å². The summed E-state index contributed by atoms with van der Waals surface area (Å²) in [4.78, 5) is 16.7. The van der Waals surface area contributed by atoms with E-state index in [1.54, 1.807) is 12.1 Å². The van der Waals surface area contributed by atoms with E-state index in [1.165, 1.54) is 23.3 Å². The first-order valence-corrected chi connectivity index (χ1v) is 6.91. The van der Waals surface area contributed by atoms with Crippen LogP contribution in [0.15, 0.2) is 70.6 Å². The molecule has 20 heavy (non-hydrogen) atoms. The molecular formula is C16H11NO2S. The molecule has 0 unspecified atom stereocenters. The van der Waals surface area contributed by atoms with Crippen molar-refractivity contribution >= 4 is 28.5 Å². The maximum atomic E-state index is 11.1. The molecule has 1 heterocycles. The van der Waals surface area contributed by atoms with Gasteiger partial charge < -0.3 is 5.11 Å². The van der Waals surface area contributed by atoms with Gasteiger partial charge in [-0.05, 0) is 35.0 Å². The van der Waals surface area contributed by atoms with Gasteiger partial charge in [0, 0.05) is 16.0 Å². The number of carboxylic acid groups (broad SMARTS) is 1. The van der Waals surface area contributed by atoms with Crippen molar-refractivity contribution in [3.05, 3.63) is 66.5 Å². The first-order chi connectivity index (χ1) is 9.74. The highest BCUT2D eigenvalue weighted by molar-refractivity contribution is 7.99. The maximum Gasteiger partial charge on any atom is 0.355 e. The van der Waals surface area contributed by atoms with Gasteiger partial charge in [0.2, 0.25) is 0 Å². The Bertz CT molecular complexity index is 786. The topological polar surface area (TPSA) is 50.2 Å². The minimum Gasteiger partial charge on any atom is -0.476 e. The molecule has 3 rings (SSSR count). The summed E-state index contributed by atoms with van der Waals surface area (Å²) in [6, 6.07) is 17.7. The van der Waals surface area contributed by atoms with E-state index < -0.39 is 5.97 Å². The van der Waals surface area contributed by atoms with Gasteiger partial charge in [-0.25, -0.2) is 9.78 Å². The lowest BCUT2D eigenvalue weighted by Gasteiger charge is -2.06. The molecule has 4 heteroatoms. The third-order valence-corrected chi connectivity index (χ3v) is 3.96. The predicted molar refractivity (Wildman–Crippen MR) is 79.3 cm³/mol. The van der Waals surface area contributed by atoms with E-state index in [-0.39, 0.29) is 5.69 Å². The van der Waals surface area contributed by atoms with Crippen molar-refractivity contribution in [1.82, 2.24) is 4.98 Å². The molecule has 98 valence electrons. The molecule has 3 nitrogen and oxygen atoms in total. The predicted octanol–water partition coefficient (Wildman–Crippen LogP) is 4.08. The lowest BCUT2D eigenvalue weighted by Crippen LogP contribution is -2.01. The normalized spacial score (nSPS) is 10.6. The van der Waals surface area contributed by atoms with E-state index >= 15 is 0 Å². The fourth-order valence-electron chi connectivity index (χ4n) is 1.99. The lowest BCUT2D eigenvalue weighted by atomic mass is 10.1. The second-order valence-electron chi connectivity index (χ2n) is 4.27. The quantitative estimate of drug-likeness (QED) is 0.785. The van der Waals surface area contributed by atoms with Crippen LogP contribution in [0.3, 0.4) is 0 Å².